The molecule has 1 aliphatic rings. The van der Waals surface area contributed by atoms with Crippen molar-refractivity contribution in [3.8, 4) is 20.9 Å². The maximum absolute atomic E-state index is 4.47. The molecule has 0 amide bonds. The maximum atomic E-state index is 4.47. The zero-order chi connectivity index (χ0) is 13.4. The van der Waals surface area contributed by atoms with Gasteiger partial charge in [-0.05, 0) is 11.1 Å². The fourth-order valence-electron chi connectivity index (χ4n) is 2.63. The predicted octanol–water partition coefficient (Wildman–Crippen LogP) is 5.01. The number of nitrogens with zero attached hydrogens (tertiary/aromatic N) is 1. The lowest BCUT2D eigenvalue weighted by Crippen LogP contribution is -1.82. The van der Waals surface area contributed by atoms with Gasteiger partial charge < -0.3 is 0 Å². The van der Waals surface area contributed by atoms with E-state index in [4.69, 9.17) is 0 Å². The van der Waals surface area contributed by atoms with E-state index >= 15 is 0 Å². The van der Waals surface area contributed by atoms with Gasteiger partial charge in [0.2, 0.25) is 0 Å². The Morgan fingerprint density at radius 2 is 1.35 bits per heavy atom. The lowest BCUT2D eigenvalue weighted by Gasteiger charge is -1.99. The second-order valence-corrected chi connectivity index (χ2v) is 5.87. The van der Waals surface area contributed by atoms with Gasteiger partial charge in [-0.1, -0.05) is 60.7 Å². The minimum Gasteiger partial charge on any atom is -0.288 e. The van der Waals surface area contributed by atoms with Crippen LogP contribution >= 0.6 is 11.3 Å². The molecule has 2 heterocycles. The first-order chi connectivity index (χ1) is 9.93. The standard InChI is InChI=1S/C18H13NS/c1-3-7-13(8-4-1)17-15-11-19-12-16(15)18(20-17)14-9-5-2-6-10-14/h1-11H,12H2. The van der Waals surface area contributed by atoms with E-state index in [0.29, 0.717) is 0 Å². The Morgan fingerprint density at radius 3 is 2.00 bits per heavy atom. The van der Waals surface area contributed by atoms with Crippen molar-refractivity contribution in [2.45, 2.75) is 6.54 Å². The van der Waals surface area contributed by atoms with Gasteiger partial charge in [-0.15, -0.1) is 11.3 Å². The zero-order valence-corrected chi connectivity index (χ0v) is 11.7. The Morgan fingerprint density at radius 1 is 0.750 bits per heavy atom. The molecule has 4 rings (SSSR count). The summed E-state index contributed by atoms with van der Waals surface area (Å²) < 4.78 is 0. The molecule has 0 bridgehead atoms. The number of aliphatic imine (C=N–C) groups is 1. The summed E-state index contributed by atoms with van der Waals surface area (Å²) in [6.45, 7) is 0.808. The summed E-state index contributed by atoms with van der Waals surface area (Å²) in [7, 11) is 0. The smallest absolute Gasteiger partial charge is 0.0661 e. The van der Waals surface area contributed by atoms with E-state index in [1.807, 2.05) is 17.6 Å². The molecule has 0 spiro atoms. The van der Waals surface area contributed by atoms with Gasteiger partial charge in [-0.3, -0.25) is 4.99 Å². The molecule has 2 heteroatoms. The highest BCUT2D eigenvalue weighted by molar-refractivity contribution is 7.19. The third-order valence-corrected chi connectivity index (χ3v) is 4.94. The van der Waals surface area contributed by atoms with Crippen molar-refractivity contribution in [1.82, 2.24) is 0 Å². The Hall–Kier alpha value is -2.19. The van der Waals surface area contributed by atoms with Gasteiger partial charge in [-0.2, -0.15) is 0 Å². The van der Waals surface area contributed by atoms with Gasteiger partial charge in [0.05, 0.1) is 6.54 Å². The van der Waals surface area contributed by atoms with Crippen LogP contribution in [0.3, 0.4) is 0 Å². The van der Waals surface area contributed by atoms with E-state index < -0.39 is 0 Å². The summed E-state index contributed by atoms with van der Waals surface area (Å²) >= 11 is 1.88. The van der Waals surface area contributed by atoms with Crippen molar-refractivity contribution in [2.24, 2.45) is 4.99 Å². The van der Waals surface area contributed by atoms with Crippen LogP contribution in [-0.2, 0) is 6.54 Å². The number of rotatable bonds is 2. The second-order valence-electron chi connectivity index (χ2n) is 4.85. The highest BCUT2D eigenvalue weighted by atomic mass is 32.1. The molecule has 96 valence electrons. The van der Waals surface area contributed by atoms with Crippen LogP contribution in [0.2, 0.25) is 0 Å². The minimum atomic E-state index is 0.808. The van der Waals surface area contributed by atoms with Crippen LogP contribution in [-0.4, -0.2) is 6.21 Å². The molecule has 0 saturated carbocycles. The van der Waals surface area contributed by atoms with Crippen LogP contribution in [0.5, 0.6) is 0 Å². The second kappa shape index (κ2) is 4.73. The molecule has 0 N–H and O–H groups in total. The fourth-order valence-corrected chi connectivity index (χ4v) is 3.92. The van der Waals surface area contributed by atoms with E-state index in [1.165, 1.54) is 32.0 Å². The topological polar surface area (TPSA) is 12.4 Å². The lowest BCUT2D eigenvalue weighted by molar-refractivity contribution is 1.12. The van der Waals surface area contributed by atoms with Crippen molar-refractivity contribution in [1.29, 1.82) is 0 Å². The molecule has 0 saturated heterocycles. The summed E-state index contributed by atoms with van der Waals surface area (Å²) in [5, 5.41) is 0. The monoisotopic (exact) mass is 275 g/mol. The molecular formula is C18H13NS. The molecule has 20 heavy (non-hydrogen) atoms. The first-order valence-electron chi connectivity index (χ1n) is 6.70. The van der Waals surface area contributed by atoms with Crippen LogP contribution < -0.4 is 0 Å². The molecule has 1 aromatic heterocycles. The molecule has 2 aromatic carbocycles. The van der Waals surface area contributed by atoms with E-state index in [-0.39, 0.29) is 0 Å². The zero-order valence-electron chi connectivity index (χ0n) is 10.9. The van der Waals surface area contributed by atoms with Gasteiger partial charge in [0, 0.05) is 27.1 Å². The average Bonchev–Trinajstić information content (AvgIpc) is 3.11. The highest BCUT2D eigenvalue weighted by Crippen LogP contribution is 2.43. The highest BCUT2D eigenvalue weighted by Gasteiger charge is 2.21. The quantitative estimate of drug-likeness (QED) is 0.623. The van der Waals surface area contributed by atoms with Crippen molar-refractivity contribution < 1.29 is 0 Å². The van der Waals surface area contributed by atoms with Gasteiger partial charge in [0.25, 0.3) is 0 Å². The summed E-state index contributed by atoms with van der Waals surface area (Å²) in [6.07, 6.45) is 2.03. The van der Waals surface area contributed by atoms with E-state index in [9.17, 15) is 0 Å². The van der Waals surface area contributed by atoms with E-state index in [0.717, 1.165) is 6.54 Å². The van der Waals surface area contributed by atoms with Crippen molar-refractivity contribution in [2.75, 3.05) is 0 Å². The Balaban J connectivity index is 1.93. The molecule has 0 fully saturated rings. The van der Waals surface area contributed by atoms with Gasteiger partial charge in [0.1, 0.15) is 0 Å². The molecule has 0 radical (unpaired) electrons. The Bertz CT molecular complexity index is 770. The van der Waals surface area contributed by atoms with Crippen LogP contribution in [0.15, 0.2) is 65.7 Å². The molecule has 3 aromatic rings. The normalized spacial score (nSPS) is 12.6. The van der Waals surface area contributed by atoms with E-state index in [1.54, 1.807) is 0 Å². The number of hydrogen-bond acceptors (Lipinski definition) is 2. The van der Waals surface area contributed by atoms with Crippen molar-refractivity contribution >= 4 is 17.6 Å². The Labute approximate surface area is 122 Å². The number of hydrogen-bond donors (Lipinski definition) is 0. The first kappa shape index (κ1) is 11.6. The Kier molecular flexibility index (Phi) is 2.75. The van der Waals surface area contributed by atoms with Crippen molar-refractivity contribution in [3.05, 3.63) is 71.8 Å². The number of fused-ring (bicyclic) bond motifs is 1. The lowest BCUT2D eigenvalue weighted by atomic mass is 10.0. The third-order valence-electron chi connectivity index (χ3n) is 3.59. The van der Waals surface area contributed by atoms with Crippen molar-refractivity contribution in [3.63, 3.8) is 0 Å². The van der Waals surface area contributed by atoms with Gasteiger partial charge >= 0.3 is 0 Å². The molecule has 1 aliphatic heterocycles. The summed E-state index contributed by atoms with van der Waals surface area (Å²) in [6, 6.07) is 21.2. The summed E-state index contributed by atoms with van der Waals surface area (Å²) in [5.74, 6) is 0. The van der Waals surface area contributed by atoms with Gasteiger partial charge in [-0.25, -0.2) is 0 Å². The molecule has 0 aliphatic carbocycles. The van der Waals surface area contributed by atoms with Crippen LogP contribution in [0.25, 0.3) is 20.9 Å². The largest absolute Gasteiger partial charge is 0.288 e. The van der Waals surface area contributed by atoms with Crippen LogP contribution in [0.1, 0.15) is 11.1 Å². The average molecular weight is 275 g/mol. The first-order valence-corrected chi connectivity index (χ1v) is 7.51. The molecular weight excluding hydrogens is 262 g/mol. The molecule has 0 unspecified atom stereocenters. The summed E-state index contributed by atoms with van der Waals surface area (Å²) in [5.41, 5.74) is 5.26. The molecule has 0 atom stereocenters. The number of thiophene rings is 1. The minimum absolute atomic E-state index is 0.808. The SMILES string of the molecule is C1=NCc2c(-c3ccccc3)sc(-c3ccccc3)c21. The predicted molar refractivity (Wildman–Crippen MR) is 86.5 cm³/mol. The third kappa shape index (κ3) is 1.81. The molecule has 1 nitrogen and oxygen atoms in total. The fraction of sp³-hybridized carbons (Fsp3) is 0.0556. The van der Waals surface area contributed by atoms with Gasteiger partial charge in [0.15, 0.2) is 0 Å². The van der Waals surface area contributed by atoms with Crippen LogP contribution in [0, 0.1) is 0 Å². The number of benzene rings is 2. The maximum Gasteiger partial charge on any atom is 0.0661 e. The van der Waals surface area contributed by atoms with Crippen LogP contribution in [0.4, 0.5) is 0 Å². The van der Waals surface area contributed by atoms with E-state index in [2.05, 4.69) is 65.7 Å². The summed E-state index contributed by atoms with van der Waals surface area (Å²) in [4.78, 5) is 7.16.